The molecule has 2 rings (SSSR count). The number of amides is 1. The number of hydrogen-bond donors (Lipinski definition) is 2. The van der Waals surface area contributed by atoms with Gasteiger partial charge in [0.2, 0.25) is 5.91 Å². The number of ether oxygens (including phenoxy) is 1. The molecule has 26 heavy (non-hydrogen) atoms. The second kappa shape index (κ2) is 9.99. The van der Waals surface area contributed by atoms with Gasteiger partial charge in [0.1, 0.15) is 0 Å². The van der Waals surface area contributed by atoms with Gasteiger partial charge in [0.25, 0.3) is 0 Å². The molecule has 2 aromatic rings. The number of carbonyl (C=O) groups excluding carboxylic acids is 2. The van der Waals surface area contributed by atoms with Crippen molar-refractivity contribution >= 4 is 29.3 Å². The highest BCUT2D eigenvalue weighted by Crippen LogP contribution is 2.22. The molecule has 6 heteroatoms. The van der Waals surface area contributed by atoms with Crippen LogP contribution in [-0.2, 0) is 20.1 Å². The van der Waals surface area contributed by atoms with Crippen molar-refractivity contribution < 1.29 is 14.3 Å². The van der Waals surface area contributed by atoms with Gasteiger partial charge >= 0.3 is 5.97 Å². The molecule has 5 nitrogen and oxygen atoms in total. The summed E-state index contributed by atoms with van der Waals surface area (Å²) in [6, 6.07) is 16.8. The van der Waals surface area contributed by atoms with Crippen molar-refractivity contribution in [2.45, 2.75) is 18.7 Å². The first-order valence-electron chi connectivity index (χ1n) is 8.36. The number of rotatable bonds is 8. The van der Waals surface area contributed by atoms with Crippen molar-refractivity contribution in [3.05, 3.63) is 65.7 Å². The number of nitrogens with two attached hydrogens (primary N) is 1. The van der Waals surface area contributed by atoms with Gasteiger partial charge in [-0.1, -0.05) is 49.4 Å². The molecule has 0 heterocycles. The molecule has 3 N–H and O–H groups in total. The minimum Gasteiger partial charge on any atom is -0.468 e. The van der Waals surface area contributed by atoms with E-state index < -0.39 is 0 Å². The summed E-state index contributed by atoms with van der Waals surface area (Å²) in [5, 5.41) is 2.92. The van der Waals surface area contributed by atoms with Gasteiger partial charge in [-0.2, -0.15) is 0 Å². The lowest BCUT2D eigenvalue weighted by atomic mass is 9.94. The predicted octanol–water partition coefficient (Wildman–Crippen LogP) is 3.37. The Labute approximate surface area is 158 Å². The van der Waals surface area contributed by atoms with Crippen LogP contribution in [0.3, 0.4) is 0 Å². The molecule has 1 amide bonds. The fourth-order valence-electron chi connectivity index (χ4n) is 2.43. The maximum atomic E-state index is 12.5. The van der Waals surface area contributed by atoms with Gasteiger partial charge in [0, 0.05) is 17.5 Å². The zero-order valence-electron chi connectivity index (χ0n) is 15.0. The second-order valence-corrected chi connectivity index (χ2v) is 6.97. The van der Waals surface area contributed by atoms with Crippen LogP contribution < -0.4 is 11.1 Å². The number of methoxy groups -OCH3 is 1. The van der Waals surface area contributed by atoms with Gasteiger partial charge in [-0.15, -0.1) is 11.8 Å². The maximum Gasteiger partial charge on any atom is 0.315 e. The molecule has 138 valence electrons. The number of thioether (sulfide) groups is 1. The van der Waals surface area contributed by atoms with E-state index in [9.17, 15) is 9.59 Å². The Bertz CT molecular complexity index is 737. The highest BCUT2D eigenvalue weighted by atomic mass is 32.2. The van der Waals surface area contributed by atoms with Crippen LogP contribution in [0.15, 0.2) is 54.6 Å². The van der Waals surface area contributed by atoms with Crippen molar-refractivity contribution in [3.63, 3.8) is 0 Å². The Morgan fingerprint density at radius 1 is 1.15 bits per heavy atom. The summed E-state index contributed by atoms with van der Waals surface area (Å²) in [6.45, 7) is 1.82. The Kier molecular flexibility index (Phi) is 7.69. The molecule has 0 bridgehead atoms. The molecule has 0 aliphatic heterocycles. The SMILES string of the molecule is COC(=O)CSCc1cccc(NC(=O)C(C)C(N)c2ccccc2)c1. The topological polar surface area (TPSA) is 81.4 Å². The molecule has 0 radical (unpaired) electrons. The van der Waals surface area contributed by atoms with Crippen molar-refractivity contribution in [2.75, 3.05) is 18.2 Å². The van der Waals surface area contributed by atoms with E-state index in [1.54, 1.807) is 0 Å². The van der Waals surface area contributed by atoms with E-state index in [4.69, 9.17) is 5.73 Å². The van der Waals surface area contributed by atoms with Crippen molar-refractivity contribution in [3.8, 4) is 0 Å². The molecule has 2 atom stereocenters. The van der Waals surface area contributed by atoms with Crippen molar-refractivity contribution in [1.82, 2.24) is 0 Å². The van der Waals surface area contributed by atoms with E-state index in [2.05, 4.69) is 10.1 Å². The first-order valence-corrected chi connectivity index (χ1v) is 9.51. The highest BCUT2D eigenvalue weighted by molar-refractivity contribution is 7.99. The number of carbonyl (C=O) groups is 2. The zero-order chi connectivity index (χ0) is 18.9. The van der Waals surface area contributed by atoms with Crippen LogP contribution in [-0.4, -0.2) is 24.7 Å². The summed E-state index contributed by atoms with van der Waals surface area (Å²) in [5.41, 5.74) is 8.90. The number of anilines is 1. The summed E-state index contributed by atoms with van der Waals surface area (Å²) in [5.74, 6) is 0.229. The summed E-state index contributed by atoms with van der Waals surface area (Å²) < 4.78 is 4.62. The lowest BCUT2D eigenvalue weighted by Crippen LogP contribution is -2.30. The molecule has 0 aromatic heterocycles. The van der Waals surface area contributed by atoms with E-state index in [-0.39, 0.29) is 23.8 Å². The first kappa shape index (κ1) is 20.0. The van der Waals surface area contributed by atoms with E-state index in [1.807, 2.05) is 61.5 Å². The molecular weight excluding hydrogens is 348 g/mol. The molecule has 0 spiro atoms. The largest absolute Gasteiger partial charge is 0.468 e. The average Bonchev–Trinajstić information content (AvgIpc) is 2.67. The van der Waals surface area contributed by atoms with Crippen molar-refractivity contribution in [1.29, 1.82) is 0 Å². The summed E-state index contributed by atoms with van der Waals surface area (Å²) in [4.78, 5) is 23.7. The van der Waals surface area contributed by atoms with Crippen molar-refractivity contribution in [2.24, 2.45) is 11.7 Å². The summed E-state index contributed by atoms with van der Waals surface area (Å²) in [7, 11) is 1.38. The quantitative estimate of drug-likeness (QED) is 0.695. The molecule has 2 unspecified atom stereocenters. The van der Waals surface area contributed by atoms with E-state index in [0.717, 1.165) is 16.8 Å². The fourth-order valence-corrected chi connectivity index (χ4v) is 3.23. The molecular formula is C20H24N2O3S. The van der Waals surface area contributed by atoms with Crippen LogP contribution in [0.5, 0.6) is 0 Å². The molecule has 0 saturated carbocycles. The van der Waals surface area contributed by atoms with E-state index in [0.29, 0.717) is 11.5 Å². The van der Waals surface area contributed by atoms with E-state index >= 15 is 0 Å². The van der Waals surface area contributed by atoms with Crippen LogP contribution in [0.1, 0.15) is 24.1 Å². The molecule has 0 aliphatic rings. The lowest BCUT2D eigenvalue weighted by molar-refractivity contribution is -0.137. The minimum atomic E-state index is -0.366. The monoisotopic (exact) mass is 372 g/mol. The molecule has 0 aliphatic carbocycles. The first-order chi connectivity index (χ1) is 12.5. The third kappa shape index (κ3) is 5.89. The zero-order valence-corrected chi connectivity index (χ0v) is 15.8. The maximum absolute atomic E-state index is 12.5. The Morgan fingerprint density at radius 2 is 1.88 bits per heavy atom. The molecule has 0 fully saturated rings. The Morgan fingerprint density at radius 3 is 2.58 bits per heavy atom. The Balaban J connectivity index is 1.94. The lowest BCUT2D eigenvalue weighted by Gasteiger charge is -2.20. The highest BCUT2D eigenvalue weighted by Gasteiger charge is 2.22. The van der Waals surface area contributed by atoms with E-state index in [1.165, 1.54) is 18.9 Å². The molecule has 0 saturated heterocycles. The van der Waals surface area contributed by atoms with Gasteiger partial charge < -0.3 is 15.8 Å². The predicted molar refractivity (Wildman–Crippen MR) is 106 cm³/mol. The summed E-state index contributed by atoms with van der Waals surface area (Å²) in [6.07, 6.45) is 0. The average molecular weight is 372 g/mol. The number of nitrogens with one attached hydrogen (secondary N) is 1. The fraction of sp³-hybridized carbons (Fsp3) is 0.300. The van der Waals surface area contributed by atoms with Crippen LogP contribution in [0.2, 0.25) is 0 Å². The number of hydrogen-bond acceptors (Lipinski definition) is 5. The standard InChI is InChI=1S/C20H24N2O3S/c1-14(19(21)16-8-4-3-5-9-16)20(24)22-17-10-6-7-15(11-17)12-26-13-18(23)25-2/h3-11,14,19H,12-13,21H2,1-2H3,(H,22,24). The third-order valence-corrected chi connectivity index (χ3v) is 5.02. The number of esters is 1. The Hall–Kier alpha value is -2.31. The van der Waals surface area contributed by atoms with Crippen LogP contribution in [0, 0.1) is 5.92 Å². The van der Waals surface area contributed by atoms with Gasteiger partial charge in [0.15, 0.2) is 0 Å². The molecule has 2 aromatic carbocycles. The van der Waals surface area contributed by atoms with Crippen LogP contribution in [0.4, 0.5) is 5.69 Å². The third-order valence-electron chi connectivity index (χ3n) is 4.05. The van der Waals surface area contributed by atoms with Gasteiger partial charge in [-0.25, -0.2) is 0 Å². The smallest absolute Gasteiger partial charge is 0.315 e. The van der Waals surface area contributed by atoms with Gasteiger partial charge in [-0.3, -0.25) is 9.59 Å². The summed E-state index contributed by atoms with van der Waals surface area (Å²) >= 11 is 1.47. The van der Waals surface area contributed by atoms with Gasteiger partial charge in [0.05, 0.1) is 18.8 Å². The normalized spacial score (nSPS) is 12.9. The number of benzene rings is 2. The van der Waals surface area contributed by atoms with Crippen LogP contribution >= 0.6 is 11.8 Å². The minimum absolute atomic E-state index is 0.124. The van der Waals surface area contributed by atoms with Crippen LogP contribution in [0.25, 0.3) is 0 Å². The van der Waals surface area contributed by atoms with Gasteiger partial charge in [-0.05, 0) is 23.3 Å². The second-order valence-electron chi connectivity index (χ2n) is 5.98.